The van der Waals surface area contributed by atoms with E-state index in [0.717, 1.165) is 22.4 Å². The molecule has 0 fully saturated rings. The fourth-order valence-electron chi connectivity index (χ4n) is 1.82. The van der Waals surface area contributed by atoms with Crippen molar-refractivity contribution in [2.24, 2.45) is 0 Å². The monoisotopic (exact) mass is 290 g/mol. The first-order chi connectivity index (χ1) is 8.33. The normalized spacial score (nSPS) is 13.4. The summed E-state index contributed by atoms with van der Waals surface area (Å²) in [6.45, 7) is 0.720. The number of fused-ring (bicyclic) bond motifs is 1. The third-order valence-corrected chi connectivity index (χ3v) is 3.16. The maximum Gasteiger partial charge on any atom is 0.0931 e. The Labute approximate surface area is 108 Å². The van der Waals surface area contributed by atoms with Crippen LogP contribution in [0.15, 0.2) is 53.0 Å². The summed E-state index contributed by atoms with van der Waals surface area (Å²) >= 11 is 3.47. The van der Waals surface area contributed by atoms with E-state index in [1.54, 1.807) is 0 Å². The average Bonchev–Trinajstić information content (AvgIpc) is 2.73. The molecular weight excluding hydrogens is 280 g/mol. The Morgan fingerprint density at radius 1 is 1.12 bits per heavy atom. The van der Waals surface area contributed by atoms with Crippen molar-refractivity contribution in [3.8, 4) is 0 Å². The molecule has 0 saturated carbocycles. The van der Waals surface area contributed by atoms with Gasteiger partial charge in [-0.15, -0.1) is 0 Å². The van der Waals surface area contributed by atoms with E-state index in [4.69, 9.17) is 4.94 Å². The van der Waals surface area contributed by atoms with Gasteiger partial charge >= 0.3 is 0 Å². The Balaban J connectivity index is 1.86. The van der Waals surface area contributed by atoms with E-state index in [1.807, 2.05) is 41.5 Å². The standard InChI is InChI=1S/C13H11BrN2O/c14-11-6-7-12-13(8-11)16(17-15-12)9-10-4-2-1-3-5-10/h1-8,15H,9H2. The van der Waals surface area contributed by atoms with Gasteiger partial charge in [0.25, 0.3) is 0 Å². The molecule has 1 aliphatic heterocycles. The van der Waals surface area contributed by atoms with E-state index in [9.17, 15) is 0 Å². The minimum Gasteiger partial charge on any atom is -0.240 e. The van der Waals surface area contributed by atoms with Crippen molar-refractivity contribution in [2.45, 2.75) is 6.54 Å². The Morgan fingerprint density at radius 3 is 2.76 bits per heavy atom. The largest absolute Gasteiger partial charge is 0.240 e. The van der Waals surface area contributed by atoms with Crippen molar-refractivity contribution in [2.75, 3.05) is 10.5 Å². The fraction of sp³-hybridized carbons (Fsp3) is 0.0769. The summed E-state index contributed by atoms with van der Waals surface area (Å²) in [4.78, 5) is 5.44. The molecule has 1 N–H and O–H groups in total. The predicted octanol–water partition coefficient (Wildman–Crippen LogP) is 3.73. The van der Waals surface area contributed by atoms with Gasteiger partial charge in [-0.05, 0) is 23.8 Å². The van der Waals surface area contributed by atoms with Gasteiger partial charge in [-0.2, -0.15) is 4.94 Å². The molecule has 0 aliphatic carbocycles. The second-order valence-corrected chi connectivity index (χ2v) is 4.79. The van der Waals surface area contributed by atoms with Gasteiger partial charge in [0.05, 0.1) is 17.9 Å². The first kappa shape index (κ1) is 10.6. The van der Waals surface area contributed by atoms with Crippen molar-refractivity contribution < 1.29 is 4.94 Å². The second-order valence-electron chi connectivity index (χ2n) is 3.88. The topological polar surface area (TPSA) is 24.5 Å². The summed E-state index contributed by atoms with van der Waals surface area (Å²) in [5.74, 6) is 0. The number of nitrogens with zero attached hydrogens (tertiary/aromatic N) is 1. The summed E-state index contributed by atoms with van der Waals surface area (Å²) in [6.07, 6.45) is 0. The number of benzene rings is 2. The lowest BCUT2D eigenvalue weighted by molar-refractivity contribution is 0.177. The Morgan fingerprint density at radius 2 is 1.94 bits per heavy atom. The zero-order chi connectivity index (χ0) is 11.7. The maximum absolute atomic E-state index is 5.44. The van der Waals surface area contributed by atoms with Gasteiger partial charge < -0.3 is 0 Å². The number of hydroxylamine groups is 1. The van der Waals surface area contributed by atoms with Crippen LogP contribution in [0.2, 0.25) is 0 Å². The van der Waals surface area contributed by atoms with Gasteiger partial charge in [-0.1, -0.05) is 46.3 Å². The molecule has 0 aromatic heterocycles. The van der Waals surface area contributed by atoms with Crippen LogP contribution >= 0.6 is 15.9 Å². The highest BCUT2D eigenvalue weighted by Crippen LogP contribution is 2.35. The van der Waals surface area contributed by atoms with E-state index in [0.29, 0.717) is 0 Å². The molecule has 3 nitrogen and oxygen atoms in total. The number of nitrogens with one attached hydrogen (secondary N) is 1. The first-order valence-corrected chi connectivity index (χ1v) is 6.16. The van der Waals surface area contributed by atoms with Gasteiger partial charge in [-0.3, -0.25) is 0 Å². The third-order valence-electron chi connectivity index (χ3n) is 2.66. The highest BCUT2D eigenvalue weighted by molar-refractivity contribution is 9.10. The maximum atomic E-state index is 5.44. The van der Waals surface area contributed by atoms with Gasteiger partial charge in [0.1, 0.15) is 0 Å². The lowest BCUT2D eigenvalue weighted by Gasteiger charge is -2.15. The van der Waals surface area contributed by atoms with Crippen LogP contribution in [0.4, 0.5) is 11.4 Å². The molecule has 0 saturated heterocycles. The van der Waals surface area contributed by atoms with Crippen LogP contribution < -0.4 is 10.5 Å². The zero-order valence-electron chi connectivity index (χ0n) is 9.06. The van der Waals surface area contributed by atoms with Crippen LogP contribution in [-0.2, 0) is 11.5 Å². The van der Waals surface area contributed by atoms with Crippen LogP contribution in [0.3, 0.4) is 0 Å². The zero-order valence-corrected chi connectivity index (χ0v) is 10.6. The predicted molar refractivity (Wildman–Crippen MR) is 71.5 cm³/mol. The third kappa shape index (κ3) is 2.14. The molecule has 2 aromatic rings. The smallest absolute Gasteiger partial charge is 0.0931 e. The number of rotatable bonds is 2. The molecular formula is C13H11BrN2O. The molecule has 0 bridgehead atoms. The van der Waals surface area contributed by atoms with Gasteiger partial charge in [0.2, 0.25) is 0 Å². The second kappa shape index (κ2) is 4.39. The highest BCUT2D eigenvalue weighted by Gasteiger charge is 2.20. The molecule has 0 unspecified atom stereocenters. The average molecular weight is 291 g/mol. The molecule has 2 aromatic carbocycles. The Hall–Kier alpha value is -1.52. The number of hydrogen-bond acceptors (Lipinski definition) is 3. The molecule has 1 aliphatic rings. The van der Waals surface area contributed by atoms with Crippen LogP contribution in [0, 0.1) is 0 Å². The van der Waals surface area contributed by atoms with Crippen molar-refractivity contribution in [1.29, 1.82) is 0 Å². The number of anilines is 2. The summed E-state index contributed by atoms with van der Waals surface area (Å²) in [6, 6.07) is 16.3. The fourth-order valence-corrected chi connectivity index (χ4v) is 2.17. The molecule has 17 heavy (non-hydrogen) atoms. The minimum absolute atomic E-state index is 0.720. The molecule has 0 spiro atoms. The van der Waals surface area contributed by atoms with Crippen molar-refractivity contribution in [3.05, 3.63) is 58.6 Å². The summed E-state index contributed by atoms with van der Waals surface area (Å²) < 4.78 is 1.04. The summed E-state index contributed by atoms with van der Waals surface area (Å²) in [5.41, 5.74) is 6.15. The molecule has 0 radical (unpaired) electrons. The van der Waals surface area contributed by atoms with E-state index in [-0.39, 0.29) is 0 Å². The first-order valence-electron chi connectivity index (χ1n) is 5.37. The summed E-state index contributed by atoms with van der Waals surface area (Å²) in [5, 5.41) is 1.84. The van der Waals surface area contributed by atoms with Crippen molar-refractivity contribution in [1.82, 2.24) is 0 Å². The van der Waals surface area contributed by atoms with E-state index in [1.165, 1.54) is 5.56 Å². The lowest BCUT2D eigenvalue weighted by atomic mass is 10.2. The molecule has 4 heteroatoms. The Kier molecular flexibility index (Phi) is 2.74. The molecule has 0 amide bonds. The van der Waals surface area contributed by atoms with Crippen molar-refractivity contribution >= 4 is 27.3 Å². The van der Waals surface area contributed by atoms with Crippen molar-refractivity contribution in [3.63, 3.8) is 0 Å². The highest BCUT2D eigenvalue weighted by atomic mass is 79.9. The van der Waals surface area contributed by atoms with E-state index < -0.39 is 0 Å². The van der Waals surface area contributed by atoms with Crippen LogP contribution in [0.1, 0.15) is 5.56 Å². The van der Waals surface area contributed by atoms with Gasteiger partial charge in [-0.25, -0.2) is 10.5 Å². The van der Waals surface area contributed by atoms with Crippen LogP contribution in [0.25, 0.3) is 0 Å². The van der Waals surface area contributed by atoms with Gasteiger partial charge in [0.15, 0.2) is 0 Å². The lowest BCUT2D eigenvalue weighted by Crippen LogP contribution is -2.19. The minimum atomic E-state index is 0.720. The quantitative estimate of drug-likeness (QED) is 0.912. The summed E-state index contributed by atoms with van der Waals surface area (Å²) in [7, 11) is 0. The van der Waals surface area contributed by atoms with Gasteiger partial charge in [0, 0.05) is 4.47 Å². The number of hydrogen-bond donors (Lipinski definition) is 1. The molecule has 0 atom stereocenters. The molecule has 3 rings (SSSR count). The van der Waals surface area contributed by atoms with E-state index in [2.05, 4.69) is 33.5 Å². The molecule has 1 heterocycles. The van der Waals surface area contributed by atoms with Crippen LogP contribution in [-0.4, -0.2) is 0 Å². The Bertz CT molecular complexity index is 530. The molecule has 86 valence electrons. The number of halogens is 1. The van der Waals surface area contributed by atoms with Crippen LogP contribution in [0.5, 0.6) is 0 Å². The van der Waals surface area contributed by atoms with E-state index >= 15 is 0 Å². The SMILES string of the molecule is Brc1ccc2c(c1)N(Cc1ccccc1)ON2.